The molecule has 2 aromatic rings. The van der Waals surface area contributed by atoms with Gasteiger partial charge in [0, 0.05) is 19.3 Å². The van der Waals surface area contributed by atoms with Crippen LogP contribution < -0.4 is 0 Å². The lowest BCUT2D eigenvalue weighted by atomic mass is 10.0. The highest BCUT2D eigenvalue weighted by molar-refractivity contribution is 6.35. The number of carbonyl (C=O) groups is 2. The largest absolute Gasteiger partial charge is 0.366 e. The third kappa shape index (κ3) is 2.82. The van der Waals surface area contributed by atoms with E-state index in [9.17, 15) is 9.59 Å². The molecule has 5 heteroatoms. The molecule has 3 heterocycles. The Morgan fingerprint density at radius 3 is 2.28 bits per heavy atom. The number of benzene rings is 1. The van der Waals surface area contributed by atoms with Crippen LogP contribution in [-0.2, 0) is 16.1 Å². The second kappa shape index (κ2) is 6.51. The Morgan fingerprint density at radius 1 is 0.880 bits per heavy atom. The maximum absolute atomic E-state index is 13.1. The molecule has 0 atom stereocenters. The van der Waals surface area contributed by atoms with Gasteiger partial charge in [0.25, 0.3) is 11.8 Å². The minimum Gasteiger partial charge on any atom is -0.366 e. The molecule has 0 bridgehead atoms. The summed E-state index contributed by atoms with van der Waals surface area (Å²) in [6.45, 7) is 1.84. The van der Waals surface area contributed by atoms with E-state index in [2.05, 4.69) is 9.88 Å². The number of carbonyl (C=O) groups excluding carboxylic acids is 2. The number of rotatable bonds is 4. The second-order valence-corrected chi connectivity index (χ2v) is 6.30. The third-order valence-corrected chi connectivity index (χ3v) is 4.67. The van der Waals surface area contributed by atoms with Crippen molar-refractivity contribution in [3.63, 3.8) is 0 Å². The summed E-state index contributed by atoms with van der Waals surface area (Å²) >= 11 is 0. The molecular formula is C20H19N3O2. The van der Waals surface area contributed by atoms with Gasteiger partial charge in [-0.1, -0.05) is 36.4 Å². The van der Waals surface area contributed by atoms with Crippen LogP contribution >= 0.6 is 0 Å². The number of hydrogen-bond donors (Lipinski definition) is 0. The van der Waals surface area contributed by atoms with Gasteiger partial charge in [-0.2, -0.15) is 0 Å². The number of nitrogens with zero attached hydrogens (tertiary/aromatic N) is 3. The van der Waals surface area contributed by atoms with Gasteiger partial charge in [0.15, 0.2) is 0 Å². The maximum Gasteiger partial charge on any atom is 0.278 e. The van der Waals surface area contributed by atoms with Crippen molar-refractivity contribution in [3.8, 4) is 0 Å². The summed E-state index contributed by atoms with van der Waals surface area (Å²) in [7, 11) is 0. The van der Waals surface area contributed by atoms with Crippen molar-refractivity contribution in [2.75, 3.05) is 13.1 Å². The van der Waals surface area contributed by atoms with Crippen LogP contribution in [0, 0.1) is 0 Å². The minimum absolute atomic E-state index is 0.201. The molecule has 5 nitrogen and oxygen atoms in total. The molecule has 2 amide bonds. The first-order valence-electron chi connectivity index (χ1n) is 8.56. The number of imide groups is 1. The fourth-order valence-corrected chi connectivity index (χ4v) is 3.46. The van der Waals surface area contributed by atoms with Crippen molar-refractivity contribution in [1.29, 1.82) is 0 Å². The van der Waals surface area contributed by atoms with Crippen LogP contribution in [-0.4, -0.2) is 39.7 Å². The quantitative estimate of drug-likeness (QED) is 0.807. The Kier molecular flexibility index (Phi) is 4.06. The van der Waals surface area contributed by atoms with Gasteiger partial charge in [0.2, 0.25) is 0 Å². The van der Waals surface area contributed by atoms with Crippen LogP contribution in [0.3, 0.4) is 0 Å². The van der Waals surface area contributed by atoms with Gasteiger partial charge in [-0.15, -0.1) is 0 Å². The van der Waals surface area contributed by atoms with Gasteiger partial charge in [0.1, 0.15) is 5.70 Å². The summed E-state index contributed by atoms with van der Waals surface area (Å²) in [5.41, 5.74) is 2.57. The number of amides is 2. The molecule has 126 valence electrons. The Balaban J connectivity index is 1.74. The number of pyridine rings is 1. The summed E-state index contributed by atoms with van der Waals surface area (Å²) in [6, 6.07) is 15.0. The van der Waals surface area contributed by atoms with Gasteiger partial charge in [-0.3, -0.25) is 19.5 Å². The smallest absolute Gasteiger partial charge is 0.278 e. The van der Waals surface area contributed by atoms with E-state index in [0.29, 0.717) is 17.0 Å². The van der Waals surface area contributed by atoms with Gasteiger partial charge in [0.05, 0.1) is 17.8 Å². The van der Waals surface area contributed by atoms with E-state index in [1.165, 1.54) is 4.90 Å². The highest BCUT2D eigenvalue weighted by Gasteiger charge is 2.42. The minimum atomic E-state index is -0.233. The zero-order valence-electron chi connectivity index (χ0n) is 13.9. The van der Waals surface area contributed by atoms with Crippen LogP contribution in [0.4, 0.5) is 0 Å². The number of hydrogen-bond acceptors (Lipinski definition) is 4. The molecule has 2 aliphatic rings. The van der Waals surface area contributed by atoms with Crippen LogP contribution in [0.5, 0.6) is 0 Å². The van der Waals surface area contributed by atoms with Crippen molar-refractivity contribution in [1.82, 2.24) is 14.8 Å². The lowest BCUT2D eigenvalue weighted by Gasteiger charge is -2.20. The lowest BCUT2D eigenvalue weighted by molar-refractivity contribution is -0.138. The van der Waals surface area contributed by atoms with Gasteiger partial charge in [-0.25, -0.2) is 0 Å². The second-order valence-electron chi connectivity index (χ2n) is 6.30. The molecule has 0 aliphatic carbocycles. The summed E-state index contributed by atoms with van der Waals surface area (Å²) in [5.74, 6) is -0.444. The van der Waals surface area contributed by atoms with E-state index >= 15 is 0 Å². The van der Waals surface area contributed by atoms with Crippen LogP contribution in [0.2, 0.25) is 0 Å². The first kappa shape index (κ1) is 15.6. The van der Waals surface area contributed by atoms with Crippen molar-refractivity contribution < 1.29 is 9.59 Å². The van der Waals surface area contributed by atoms with Crippen LogP contribution in [0.15, 0.2) is 60.4 Å². The van der Waals surface area contributed by atoms with E-state index in [1.807, 2.05) is 48.5 Å². The molecule has 25 heavy (non-hydrogen) atoms. The normalized spacial score (nSPS) is 17.8. The first-order chi connectivity index (χ1) is 12.3. The van der Waals surface area contributed by atoms with Crippen molar-refractivity contribution in [3.05, 3.63) is 71.7 Å². The molecule has 0 radical (unpaired) electrons. The molecule has 1 aromatic heterocycles. The predicted octanol–water partition coefficient (Wildman–Crippen LogP) is 2.46. The zero-order chi connectivity index (χ0) is 17.2. The first-order valence-corrected chi connectivity index (χ1v) is 8.56. The molecule has 0 saturated carbocycles. The van der Waals surface area contributed by atoms with Crippen LogP contribution in [0.25, 0.3) is 5.57 Å². The molecule has 0 unspecified atom stereocenters. The average Bonchev–Trinajstić information content (AvgIpc) is 3.26. The van der Waals surface area contributed by atoms with Crippen LogP contribution in [0.1, 0.15) is 24.1 Å². The third-order valence-electron chi connectivity index (χ3n) is 4.67. The Morgan fingerprint density at radius 2 is 1.60 bits per heavy atom. The summed E-state index contributed by atoms with van der Waals surface area (Å²) < 4.78 is 0. The van der Waals surface area contributed by atoms with Gasteiger partial charge in [-0.05, 0) is 30.5 Å². The Labute approximate surface area is 146 Å². The van der Waals surface area contributed by atoms with E-state index in [4.69, 9.17) is 0 Å². The standard InChI is InChI=1S/C20H19N3O2/c24-19-17(15-8-2-1-3-9-15)18(22-12-6-7-13-22)20(25)23(19)14-16-10-4-5-11-21-16/h1-5,8-11H,6-7,12-14H2. The number of aromatic nitrogens is 1. The SMILES string of the molecule is O=C1C(c2ccccc2)=C(N2CCCC2)C(=O)N1Cc1ccccn1. The highest BCUT2D eigenvalue weighted by atomic mass is 16.2. The molecule has 2 aliphatic heterocycles. The summed E-state index contributed by atoms with van der Waals surface area (Å²) in [5, 5.41) is 0. The van der Waals surface area contributed by atoms with E-state index in [-0.39, 0.29) is 18.4 Å². The van der Waals surface area contributed by atoms with E-state index in [1.54, 1.807) is 6.20 Å². The maximum atomic E-state index is 13.1. The predicted molar refractivity (Wildman–Crippen MR) is 94.0 cm³/mol. The zero-order valence-corrected chi connectivity index (χ0v) is 13.9. The average molecular weight is 333 g/mol. The summed E-state index contributed by atoms with van der Waals surface area (Å²) in [6.07, 6.45) is 3.77. The Hall–Kier alpha value is -2.95. The molecular weight excluding hydrogens is 314 g/mol. The van der Waals surface area contributed by atoms with E-state index < -0.39 is 0 Å². The van der Waals surface area contributed by atoms with Crippen molar-refractivity contribution in [2.24, 2.45) is 0 Å². The molecule has 1 saturated heterocycles. The molecule has 1 aromatic carbocycles. The molecule has 4 rings (SSSR count). The molecule has 0 N–H and O–H groups in total. The van der Waals surface area contributed by atoms with Crippen molar-refractivity contribution in [2.45, 2.75) is 19.4 Å². The van der Waals surface area contributed by atoms with Gasteiger partial charge >= 0.3 is 0 Å². The lowest BCUT2D eigenvalue weighted by Crippen LogP contribution is -2.34. The van der Waals surface area contributed by atoms with Gasteiger partial charge < -0.3 is 4.90 Å². The summed E-state index contributed by atoms with van der Waals surface area (Å²) in [4.78, 5) is 33.8. The monoisotopic (exact) mass is 333 g/mol. The van der Waals surface area contributed by atoms with Crippen molar-refractivity contribution >= 4 is 17.4 Å². The number of likely N-dealkylation sites (tertiary alicyclic amines) is 1. The fraction of sp³-hybridized carbons (Fsp3) is 0.250. The highest BCUT2D eigenvalue weighted by Crippen LogP contribution is 2.33. The molecule has 0 spiro atoms. The topological polar surface area (TPSA) is 53.5 Å². The molecule has 1 fully saturated rings. The fourth-order valence-electron chi connectivity index (χ4n) is 3.46. The van der Waals surface area contributed by atoms with E-state index in [0.717, 1.165) is 31.5 Å². The Bertz CT molecular complexity index is 825.